The Morgan fingerprint density at radius 2 is 1.24 bits per heavy atom. The van der Waals surface area contributed by atoms with Gasteiger partial charge in [-0.05, 0) is 78.0 Å². The Labute approximate surface area is 701 Å². The number of benzene rings is 2. The van der Waals surface area contributed by atoms with E-state index >= 15 is 4.79 Å². The number of aliphatic carboxylic acids is 3. The standard InChI is InChI=1S/C82H127N11O27/c1-17-45(8)65(56(114-15)38-60(97)93-35-21-25-55(93)69(115-16)49(12)72(103)87-53(37-50-23-19-18-20-24-50)73(104)84-33-22-36-116-80-48(11)46(9)47(10)70(119-80)78(109)110)91(13)77(108)63(43(4)5)90-76(107)64(44(6)7)92(14)82(113)118-40-51-26-28-52(29-27-51)86-74(105)54(41-117-81-68(102)66(100)67(101)71(120-81)79(111)112)88-75(106)62(42(2)3)89-58(95)32-34-83-59(96)39-85-57(94)30-31-61(98)99/h18-20,23-24,26-29,42-49,53-56,62-71,80-81,100-102H,17,21-22,25,30-41H2,1-16H3,(H,83,96)(H,84,104)(H,85,94)(H,86,105)(H,87,103)(H,88,106)(H,89,95)(H,90,107)(H,98,99)(H,109,110)(H,111,112)/t45-,46-,47-,48+,49+,53?,54?,55-,56+,62-,63?,64-,65-,66-,67-,68+,69+,70-,71-,80+,81+/m0/s1/i30T/t30?,45-,46-,47-,48+,49+,53?,54?,55-,56+,62-,63?,64-,65-,66-,67-,68+,69+,70-,71-,80+,81+. The number of rotatable bonds is 47. The van der Waals surface area contributed by atoms with Crippen LogP contribution in [0.25, 0.3) is 0 Å². The van der Waals surface area contributed by atoms with Gasteiger partial charge in [0.05, 0.1) is 62.8 Å². The number of carbonyl (C=O) groups is 14. The summed E-state index contributed by atoms with van der Waals surface area (Å²) in [7, 11) is 5.85. The largest absolute Gasteiger partial charge is 0.481 e. The van der Waals surface area contributed by atoms with Gasteiger partial charge in [-0.1, -0.05) is 132 Å². The number of methoxy groups -OCH3 is 2. The molecule has 0 aliphatic carbocycles. The predicted octanol–water partition coefficient (Wildman–Crippen LogP) is 1.27. The van der Waals surface area contributed by atoms with Crippen LogP contribution in [0.3, 0.4) is 0 Å². The molecule has 0 saturated carbocycles. The molecule has 38 nitrogen and oxygen atoms in total. The van der Waals surface area contributed by atoms with Gasteiger partial charge in [-0.25, -0.2) is 14.4 Å². The summed E-state index contributed by atoms with van der Waals surface area (Å²) in [5.41, 5.74) is 1.25. The van der Waals surface area contributed by atoms with Gasteiger partial charge in [-0.2, -0.15) is 0 Å². The maximum Gasteiger partial charge on any atom is 0.410 e. The number of ether oxygens (including phenoxy) is 7. The molecule has 0 aromatic heterocycles. The topological polar surface area (TPSA) is 531 Å². The molecule has 11 amide bonds. The number of nitrogens with one attached hydrogen (secondary N) is 8. The number of carboxylic acid groups (broad SMARTS) is 3. The first-order valence-corrected chi connectivity index (χ1v) is 40.7. The first-order valence-electron chi connectivity index (χ1n) is 41.2. The SMILES string of the molecule is [3H]C(CC(=O)O)C(=O)NCC(=O)NCCC(=O)N[C@H](C(=O)NC(CO[C@@H]1O[C@H](C(=O)O)[C@@H](O)[C@H](O)[C@H]1O)C(=O)Nc1ccc(COC(=O)N(C)[C@H](C(=O)NC(C(=O)N(C)[C@@H]([C@@H](C)CC)[C@@H](CC(=O)N2CCC[C@H]2[C@H](OC)[C@@H](C)C(=O)NC(Cc2ccccc2)C(=O)NCCCO[C@@H]2O[C@H](C(=O)O)[C@@H](C)[C@H](C)[C@H]2C)OC)C(C)C)C(C)C)cc1)C(C)C. The number of carbonyl (C=O) groups excluding carboxylic acids is 11. The quantitative estimate of drug-likeness (QED) is 0.0415. The number of hydrogen-bond donors (Lipinski definition) is 14. The molecule has 5 rings (SSSR count). The summed E-state index contributed by atoms with van der Waals surface area (Å²) in [6, 6.07) is 7.10. The lowest BCUT2D eigenvalue weighted by atomic mass is 9.79. The van der Waals surface area contributed by atoms with Crippen LogP contribution in [0, 0.1) is 47.3 Å². The molecule has 0 spiro atoms. The fraction of sp³-hybridized carbons (Fsp3) is 0.683. The van der Waals surface area contributed by atoms with E-state index < -0.39 is 231 Å². The van der Waals surface area contributed by atoms with Crippen molar-refractivity contribution in [3.05, 3.63) is 65.7 Å². The van der Waals surface area contributed by atoms with Gasteiger partial charge in [0.2, 0.25) is 59.1 Å². The first kappa shape index (κ1) is 99.3. The van der Waals surface area contributed by atoms with Gasteiger partial charge in [0.25, 0.3) is 0 Å². The van der Waals surface area contributed by atoms with Crippen LogP contribution in [0.2, 0.25) is 0 Å². The van der Waals surface area contributed by atoms with Crippen LogP contribution in [0.1, 0.15) is 147 Å². The maximum atomic E-state index is 15.0. The zero-order chi connectivity index (χ0) is 90.6. The molecule has 2 aromatic carbocycles. The second-order valence-electron chi connectivity index (χ2n) is 32.0. The lowest BCUT2D eigenvalue weighted by Gasteiger charge is -2.41. The van der Waals surface area contributed by atoms with Crippen molar-refractivity contribution < 1.29 is 132 Å². The van der Waals surface area contributed by atoms with Crippen LogP contribution in [0.4, 0.5) is 10.5 Å². The lowest BCUT2D eigenvalue weighted by Crippen LogP contribution is -2.61. The van der Waals surface area contributed by atoms with Crippen molar-refractivity contribution >= 4 is 88.8 Å². The van der Waals surface area contributed by atoms with Crippen LogP contribution in [-0.2, 0) is 109 Å². The molecule has 2 aromatic rings. The van der Waals surface area contributed by atoms with E-state index in [-0.39, 0.29) is 74.4 Å². The van der Waals surface area contributed by atoms with E-state index in [1.54, 1.807) is 60.4 Å². The Morgan fingerprint density at radius 1 is 0.608 bits per heavy atom. The minimum atomic E-state index is -2.10. The Bertz CT molecular complexity index is 3790. The Morgan fingerprint density at radius 3 is 1.83 bits per heavy atom. The third kappa shape index (κ3) is 29.4. The molecule has 3 fully saturated rings. The van der Waals surface area contributed by atoms with Crippen molar-refractivity contribution in [2.24, 2.45) is 47.3 Å². The average Bonchev–Trinajstić information content (AvgIpc) is 1.72. The number of hydrogen-bond acceptors (Lipinski definition) is 24. The summed E-state index contributed by atoms with van der Waals surface area (Å²) in [6.07, 6.45) is -15.7. The average molecular weight is 1700 g/mol. The third-order valence-corrected chi connectivity index (χ3v) is 22.3. The Hall–Kier alpha value is -9.54. The number of anilines is 1. The van der Waals surface area contributed by atoms with E-state index in [9.17, 15) is 87.9 Å². The van der Waals surface area contributed by atoms with Crippen LogP contribution < -0.4 is 42.5 Å². The second-order valence-corrected chi connectivity index (χ2v) is 32.0. The van der Waals surface area contributed by atoms with E-state index in [1.807, 2.05) is 65.0 Å². The van der Waals surface area contributed by atoms with Gasteiger partial charge < -0.3 is 116 Å². The van der Waals surface area contributed by atoms with Crippen molar-refractivity contribution in [3.8, 4) is 0 Å². The number of likely N-dealkylation sites (tertiary alicyclic amines) is 1. The highest BCUT2D eigenvalue weighted by Gasteiger charge is 2.50. The minimum Gasteiger partial charge on any atom is -0.481 e. The smallest absolute Gasteiger partial charge is 0.410 e. The number of amides is 11. The minimum absolute atomic E-state index is 0.0177. The normalized spacial score (nSPS) is 23.3. The summed E-state index contributed by atoms with van der Waals surface area (Å²) < 4.78 is 48.1. The molecule has 3 heterocycles. The predicted molar refractivity (Wildman–Crippen MR) is 430 cm³/mol. The number of aliphatic hydroxyl groups is 3. The second kappa shape index (κ2) is 48.8. The fourth-order valence-electron chi connectivity index (χ4n) is 14.7. The zero-order valence-corrected chi connectivity index (χ0v) is 71.3. The number of carboxylic acids is 3. The highest BCUT2D eigenvalue weighted by Crippen LogP contribution is 2.36. The van der Waals surface area contributed by atoms with Crippen molar-refractivity contribution in [3.63, 3.8) is 0 Å². The van der Waals surface area contributed by atoms with Gasteiger partial charge in [-0.3, -0.25) is 57.6 Å². The van der Waals surface area contributed by atoms with E-state index in [0.717, 1.165) is 10.5 Å². The lowest BCUT2D eigenvalue weighted by molar-refractivity contribution is -0.294. The molecule has 3 saturated heterocycles. The molecule has 14 N–H and O–H groups in total. The Kier molecular flexibility index (Phi) is 40.4. The van der Waals surface area contributed by atoms with Crippen LogP contribution in [-0.4, -0.2) is 294 Å². The molecule has 22 atom stereocenters. The van der Waals surface area contributed by atoms with Gasteiger partial charge in [-0.15, -0.1) is 0 Å². The number of nitrogens with zero attached hydrogens (tertiary/aromatic N) is 3. The monoisotopic (exact) mass is 1700 g/mol. The van der Waals surface area contributed by atoms with E-state index in [1.165, 1.54) is 50.4 Å². The first-order chi connectivity index (χ1) is 57.0. The summed E-state index contributed by atoms with van der Waals surface area (Å²) in [6.45, 7) is 19.7. The van der Waals surface area contributed by atoms with Crippen molar-refractivity contribution in [2.45, 2.75) is 245 Å². The number of likely N-dealkylation sites (N-methyl/N-ethyl adjacent to an activating group) is 2. The van der Waals surface area contributed by atoms with Gasteiger partial charge >= 0.3 is 24.0 Å². The summed E-state index contributed by atoms with van der Waals surface area (Å²) in [4.78, 5) is 191. The fourth-order valence-corrected chi connectivity index (χ4v) is 14.7. The van der Waals surface area contributed by atoms with Crippen LogP contribution >= 0.6 is 0 Å². The van der Waals surface area contributed by atoms with Crippen LogP contribution in [0.15, 0.2) is 54.6 Å². The molecule has 0 radical (unpaired) electrons. The van der Waals surface area contributed by atoms with Crippen LogP contribution in [0.5, 0.6) is 0 Å². The molecule has 672 valence electrons. The van der Waals surface area contributed by atoms with E-state index in [2.05, 4.69) is 42.5 Å². The molecule has 3 aliphatic rings. The molecule has 0 bridgehead atoms. The molecule has 4 unspecified atom stereocenters. The third-order valence-electron chi connectivity index (χ3n) is 22.3. The summed E-state index contributed by atoms with van der Waals surface area (Å²) in [5.74, 6) is -14.3. The van der Waals surface area contributed by atoms with Gasteiger partial charge in [0, 0.05) is 80.2 Å². The van der Waals surface area contributed by atoms with Crippen molar-refractivity contribution in [1.29, 1.82) is 0 Å². The molecular formula is C82H127N11O27. The summed E-state index contributed by atoms with van der Waals surface area (Å²) >= 11 is 0. The summed E-state index contributed by atoms with van der Waals surface area (Å²) in [5, 5.41) is 80.4. The van der Waals surface area contributed by atoms with E-state index in [4.69, 9.17) is 39.6 Å². The maximum absolute atomic E-state index is 15.0. The van der Waals surface area contributed by atoms with Gasteiger partial charge in [0.1, 0.15) is 55.1 Å². The molecule has 120 heavy (non-hydrogen) atoms. The molecule has 3 aliphatic heterocycles. The van der Waals surface area contributed by atoms with E-state index in [0.29, 0.717) is 37.8 Å². The zero-order valence-electron chi connectivity index (χ0n) is 72.3. The molecular weight excluding hydrogens is 1570 g/mol. The molecule has 38 heteroatoms. The highest BCUT2D eigenvalue weighted by molar-refractivity contribution is 5.99. The van der Waals surface area contributed by atoms with Gasteiger partial charge in [0.15, 0.2) is 24.8 Å². The Balaban J connectivity index is 1.22. The highest BCUT2D eigenvalue weighted by atomic mass is 16.7. The van der Waals surface area contributed by atoms with Crippen molar-refractivity contribution in [1.82, 2.24) is 51.9 Å². The number of aliphatic hydroxyl groups excluding tert-OH is 3. The van der Waals surface area contributed by atoms with Crippen molar-refractivity contribution in [2.75, 3.05) is 73.0 Å².